The third-order valence-electron chi connectivity index (χ3n) is 7.46. The molecule has 2 amide bonds. The first-order valence-corrected chi connectivity index (χ1v) is 12.2. The summed E-state index contributed by atoms with van der Waals surface area (Å²) in [4.78, 5) is 31.1. The summed E-state index contributed by atoms with van der Waals surface area (Å²) in [5, 5.41) is 3.19. The minimum absolute atomic E-state index is 0.0340. The molecule has 0 aromatic heterocycles. The SMILES string of the molecule is O=C(NCc1ccccc1N1CCCC1)C1CCCCC1C(=O)N1CCc2ccccc21. The Kier molecular flexibility index (Phi) is 6.15. The van der Waals surface area contributed by atoms with Crippen LogP contribution in [0.15, 0.2) is 48.5 Å². The zero-order chi connectivity index (χ0) is 21.9. The Bertz CT molecular complexity index is 982. The van der Waals surface area contributed by atoms with Gasteiger partial charge in [0.2, 0.25) is 11.8 Å². The molecule has 1 N–H and O–H groups in total. The van der Waals surface area contributed by atoms with Crippen LogP contribution in [0.3, 0.4) is 0 Å². The number of carbonyl (C=O) groups excluding carboxylic acids is 2. The maximum Gasteiger partial charge on any atom is 0.230 e. The van der Waals surface area contributed by atoms with Crippen LogP contribution in [-0.2, 0) is 22.6 Å². The van der Waals surface area contributed by atoms with Gasteiger partial charge in [-0.05, 0) is 55.4 Å². The van der Waals surface area contributed by atoms with E-state index in [1.807, 2.05) is 29.2 Å². The highest BCUT2D eigenvalue weighted by Gasteiger charge is 2.39. The number of nitrogens with one attached hydrogen (secondary N) is 1. The molecule has 2 unspecified atom stereocenters. The maximum atomic E-state index is 13.5. The van der Waals surface area contributed by atoms with Gasteiger partial charge < -0.3 is 15.1 Å². The van der Waals surface area contributed by atoms with Crippen LogP contribution in [0.5, 0.6) is 0 Å². The topological polar surface area (TPSA) is 52.7 Å². The van der Waals surface area contributed by atoms with Gasteiger partial charge in [-0.1, -0.05) is 49.2 Å². The largest absolute Gasteiger partial charge is 0.371 e. The number of carbonyl (C=O) groups is 2. The molecule has 3 aliphatic rings. The van der Waals surface area contributed by atoms with Crippen molar-refractivity contribution in [2.45, 2.75) is 51.5 Å². The van der Waals surface area contributed by atoms with Crippen LogP contribution in [0.1, 0.15) is 49.7 Å². The fraction of sp³-hybridized carbons (Fsp3) is 0.481. The predicted octanol–water partition coefficient (Wildman–Crippen LogP) is 4.30. The van der Waals surface area contributed by atoms with E-state index in [9.17, 15) is 9.59 Å². The molecule has 1 saturated carbocycles. The van der Waals surface area contributed by atoms with Crippen molar-refractivity contribution in [1.29, 1.82) is 0 Å². The molecule has 1 aliphatic carbocycles. The zero-order valence-corrected chi connectivity index (χ0v) is 18.8. The normalized spacial score (nSPS) is 22.6. The van der Waals surface area contributed by atoms with Gasteiger partial charge in [0.25, 0.3) is 0 Å². The Labute approximate surface area is 190 Å². The number of rotatable bonds is 5. The van der Waals surface area contributed by atoms with Crippen molar-refractivity contribution in [3.05, 3.63) is 59.7 Å². The second-order valence-electron chi connectivity index (χ2n) is 9.41. The van der Waals surface area contributed by atoms with Gasteiger partial charge in [-0.25, -0.2) is 0 Å². The number of hydrogen-bond donors (Lipinski definition) is 1. The fourth-order valence-corrected chi connectivity index (χ4v) is 5.75. The van der Waals surface area contributed by atoms with E-state index in [1.54, 1.807) is 0 Å². The third kappa shape index (κ3) is 4.13. The zero-order valence-electron chi connectivity index (χ0n) is 18.8. The summed E-state index contributed by atoms with van der Waals surface area (Å²) in [5.41, 5.74) is 4.66. The smallest absolute Gasteiger partial charge is 0.230 e. The highest BCUT2D eigenvalue weighted by Crippen LogP contribution is 2.36. The van der Waals surface area contributed by atoms with Gasteiger partial charge in [-0.15, -0.1) is 0 Å². The van der Waals surface area contributed by atoms with Crippen molar-refractivity contribution in [3.8, 4) is 0 Å². The summed E-state index contributed by atoms with van der Waals surface area (Å²) in [6.45, 7) is 3.42. The summed E-state index contributed by atoms with van der Waals surface area (Å²) in [6.07, 6.45) is 7.00. The summed E-state index contributed by atoms with van der Waals surface area (Å²) in [7, 11) is 0. The first kappa shape index (κ1) is 21.0. The van der Waals surface area contributed by atoms with Crippen molar-refractivity contribution in [2.75, 3.05) is 29.4 Å². The van der Waals surface area contributed by atoms with Crippen LogP contribution in [0.25, 0.3) is 0 Å². The number of amides is 2. The monoisotopic (exact) mass is 431 g/mol. The van der Waals surface area contributed by atoms with Crippen molar-refractivity contribution in [2.24, 2.45) is 11.8 Å². The minimum Gasteiger partial charge on any atom is -0.371 e. The molecule has 0 radical (unpaired) electrons. The quantitative estimate of drug-likeness (QED) is 0.768. The van der Waals surface area contributed by atoms with E-state index in [1.165, 1.54) is 24.1 Å². The summed E-state index contributed by atoms with van der Waals surface area (Å²) in [5.74, 6) is -0.286. The Morgan fingerprint density at radius 3 is 2.31 bits per heavy atom. The molecule has 0 spiro atoms. The Balaban J connectivity index is 1.28. The van der Waals surface area contributed by atoms with Gasteiger partial charge in [0.1, 0.15) is 0 Å². The summed E-state index contributed by atoms with van der Waals surface area (Å²) >= 11 is 0. The highest BCUT2D eigenvalue weighted by atomic mass is 16.2. The van der Waals surface area contributed by atoms with Crippen molar-refractivity contribution in [3.63, 3.8) is 0 Å². The Morgan fingerprint density at radius 1 is 0.812 bits per heavy atom. The molecule has 2 aromatic rings. The third-order valence-corrected chi connectivity index (χ3v) is 7.46. The van der Waals surface area contributed by atoms with Crippen LogP contribution in [0, 0.1) is 11.8 Å². The highest BCUT2D eigenvalue weighted by molar-refractivity contribution is 5.99. The lowest BCUT2D eigenvalue weighted by Gasteiger charge is -2.33. The van der Waals surface area contributed by atoms with E-state index >= 15 is 0 Å². The second kappa shape index (κ2) is 9.35. The van der Waals surface area contributed by atoms with E-state index in [4.69, 9.17) is 0 Å². The lowest BCUT2D eigenvalue weighted by atomic mass is 9.77. The molecule has 5 heteroatoms. The Morgan fingerprint density at radius 2 is 1.50 bits per heavy atom. The van der Waals surface area contributed by atoms with Gasteiger partial charge in [0, 0.05) is 43.5 Å². The number of fused-ring (bicyclic) bond motifs is 1. The minimum atomic E-state index is -0.233. The molecule has 2 aliphatic heterocycles. The van der Waals surface area contributed by atoms with Crippen LogP contribution < -0.4 is 15.1 Å². The van der Waals surface area contributed by atoms with E-state index in [0.717, 1.165) is 63.0 Å². The molecule has 1 saturated heterocycles. The van der Waals surface area contributed by atoms with E-state index in [2.05, 4.69) is 34.5 Å². The standard InChI is InChI=1S/C27H33N3O2/c31-26(28-19-21-10-2-5-13-24(21)29-16-7-8-17-29)22-11-3-4-12-23(22)27(32)30-18-15-20-9-1-6-14-25(20)30/h1-2,5-6,9-10,13-14,22-23H,3-4,7-8,11-12,15-19H2,(H,28,31). The van der Waals surface area contributed by atoms with Gasteiger partial charge in [-0.3, -0.25) is 9.59 Å². The Hall–Kier alpha value is -2.82. The van der Waals surface area contributed by atoms with Gasteiger partial charge in [0.15, 0.2) is 0 Å². The lowest BCUT2D eigenvalue weighted by Crippen LogP contribution is -2.45. The molecular formula is C27H33N3O2. The van der Waals surface area contributed by atoms with Gasteiger partial charge >= 0.3 is 0 Å². The van der Waals surface area contributed by atoms with Crippen molar-refractivity contribution in [1.82, 2.24) is 5.32 Å². The molecule has 2 heterocycles. The molecule has 32 heavy (non-hydrogen) atoms. The number of anilines is 2. The molecular weight excluding hydrogens is 398 g/mol. The number of hydrogen-bond acceptors (Lipinski definition) is 3. The first-order valence-electron chi connectivity index (χ1n) is 12.2. The lowest BCUT2D eigenvalue weighted by molar-refractivity contribution is -0.135. The average molecular weight is 432 g/mol. The molecule has 5 nitrogen and oxygen atoms in total. The molecule has 5 rings (SSSR count). The molecule has 2 atom stereocenters. The van der Waals surface area contributed by atoms with Crippen molar-refractivity contribution >= 4 is 23.2 Å². The van der Waals surface area contributed by atoms with E-state index in [-0.39, 0.29) is 23.7 Å². The van der Waals surface area contributed by atoms with Crippen molar-refractivity contribution < 1.29 is 9.59 Å². The first-order chi connectivity index (χ1) is 15.7. The maximum absolute atomic E-state index is 13.5. The van der Waals surface area contributed by atoms with Gasteiger partial charge in [-0.2, -0.15) is 0 Å². The molecule has 0 bridgehead atoms. The van der Waals surface area contributed by atoms with Crippen LogP contribution in [-0.4, -0.2) is 31.4 Å². The number of nitrogens with zero attached hydrogens (tertiary/aromatic N) is 2. The number of para-hydroxylation sites is 2. The van der Waals surface area contributed by atoms with Crippen LogP contribution >= 0.6 is 0 Å². The molecule has 168 valence electrons. The van der Waals surface area contributed by atoms with E-state index < -0.39 is 0 Å². The fourth-order valence-electron chi connectivity index (χ4n) is 5.75. The van der Waals surface area contributed by atoms with E-state index in [0.29, 0.717) is 6.54 Å². The molecule has 2 fully saturated rings. The summed E-state index contributed by atoms with van der Waals surface area (Å²) in [6, 6.07) is 16.5. The van der Waals surface area contributed by atoms with Crippen LogP contribution in [0.4, 0.5) is 11.4 Å². The second-order valence-corrected chi connectivity index (χ2v) is 9.41. The van der Waals surface area contributed by atoms with Gasteiger partial charge in [0.05, 0.1) is 5.92 Å². The molecule has 2 aromatic carbocycles. The van der Waals surface area contributed by atoms with Crippen LogP contribution in [0.2, 0.25) is 0 Å². The average Bonchev–Trinajstić information content (AvgIpc) is 3.53. The predicted molar refractivity (Wildman–Crippen MR) is 128 cm³/mol. The summed E-state index contributed by atoms with van der Waals surface area (Å²) < 4.78 is 0. The number of benzene rings is 2.